The number of rotatable bonds is 8. The van der Waals surface area contributed by atoms with Gasteiger partial charge in [0.1, 0.15) is 11.5 Å². The first-order valence-electron chi connectivity index (χ1n) is 8.49. The van der Waals surface area contributed by atoms with E-state index in [1.54, 1.807) is 13.8 Å². The Morgan fingerprint density at radius 1 is 1.00 bits per heavy atom. The number of pyridine rings is 1. The number of hydrogen-bond donors (Lipinski definition) is 0. The number of benzene rings is 1. The highest BCUT2D eigenvalue weighted by Crippen LogP contribution is 2.30. The van der Waals surface area contributed by atoms with Gasteiger partial charge in [0.25, 0.3) is 0 Å². The molecule has 6 nitrogen and oxygen atoms in total. The second kappa shape index (κ2) is 8.92. The first-order chi connectivity index (χ1) is 13.2. The van der Waals surface area contributed by atoms with Crippen molar-refractivity contribution in [1.82, 2.24) is 4.98 Å². The van der Waals surface area contributed by atoms with Gasteiger partial charge in [-0.05, 0) is 44.2 Å². The minimum Gasteiger partial charge on any atom is -0.461 e. The molecular formula is C19H20F3NO5. The van der Waals surface area contributed by atoms with Gasteiger partial charge in [0.05, 0.1) is 12.2 Å². The third-order valence-electron chi connectivity index (χ3n) is 3.49. The molecule has 2 aromatic rings. The predicted molar refractivity (Wildman–Crippen MR) is 93.0 cm³/mol. The van der Waals surface area contributed by atoms with Gasteiger partial charge in [-0.2, -0.15) is 13.2 Å². The molecule has 0 spiro atoms. The molecule has 0 aliphatic rings. The molecule has 0 saturated carbocycles. The molecule has 9 heteroatoms. The Morgan fingerprint density at radius 2 is 1.64 bits per heavy atom. The van der Waals surface area contributed by atoms with Crippen molar-refractivity contribution in [2.24, 2.45) is 0 Å². The number of hydrogen-bond acceptors (Lipinski definition) is 6. The first-order valence-corrected chi connectivity index (χ1v) is 8.49. The molecule has 0 amide bonds. The van der Waals surface area contributed by atoms with Crippen LogP contribution in [-0.2, 0) is 20.4 Å². The summed E-state index contributed by atoms with van der Waals surface area (Å²) in [5, 5.41) is 0. The van der Waals surface area contributed by atoms with Crippen molar-refractivity contribution in [1.29, 1.82) is 0 Å². The number of carbonyl (C=O) groups excluding carboxylic acids is 1. The lowest BCUT2D eigenvalue weighted by Gasteiger charge is -2.27. The summed E-state index contributed by atoms with van der Waals surface area (Å²) in [7, 11) is 0. The Balaban J connectivity index is 2.07. The summed E-state index contributed by atoms with van der Waals surface area (Å²) in [5.74, 6) is -1.62. The van der Waals surface area contributed by atoms with E-state index in [-0.39, 0.29) is 19.1 Å². The largest absolute Gasteiger partial charge is 0.461 e. The molecule has 0 radical (unpaired) electrons. The van der Waals surface area contributed by atoms with E-state index < -0.39 is 23.5 Å². The summed E-state index contributed by atoms with van der Waals surface area (Å²) in [5.41, 5.74) is -0.863. The van der Waals surface area contributed by atoms with Gasteiger partial charge in [-0.3, -0.25) is 0 Å². The summed E-state index contributed by atoms with van der Waals surface area (Å²) >= 11 is 0. The van der Waals surface area contributed by atoms with Crippen LogP contribution in [0, 0.1) is 0 Å². The fourth-order valence-electron chi connectivity index (χ4n) is 2.20. The highest BCUT2D eigenvalue weighted by atomic mass is 19.4. The molecule has 0 bridgehead atoms. The number of nitrogens with zero attached hydrogens (tertiary/aromatic N) is 1. The molecule has 1 heterocycles. The molecule has 0 aliphatic heterocycles. The monoisotopic (exact) mass is 399 g/mol. The third-order valence-corrected chi connectivity index (χ3v) is 3.49. The Hall–Kier alpha value is -2.81. The van der Waals surface area contributed by atoms with Crippen LogP contribution < -0.4 is 9.47 Å². The highest BCUT2D eigenvalue weighted by molar-refractivity contribution is 5.77. The zero-order valence-corrected chi connectivity index (χ0v) is 15.6. The summed E-state index contributed by atoms with van der Waals surface area (Å²) in [6, 6.07) is 8.09. The molecule has 152 valence electrons. The number of ether oxygens (including phenoxy) is 4. The summed E-state index contributed by atoms with van der Waals surface area (Å²) < 4.78 is 59.0. The average molecular weight is 399 g/mol. The standard InChI is InChI=1S/C19H20F3NO5/c1-4-25-17(24)18(3,26-5-2)28-15-9-7-14(8-10-15)27-16-11-6-13(12-23-16)19(20,21)22/h6-12H,4-5H2,1-3H3. The molecule has 0 aliphatic carbocycles. The van der Waals surface area contributed by atoms with Crippen LogP contribution in [0.4, 0.5) is 13.2 Å². The van der Waals surface area contributed by atoms with Gasteiger partial charge in [0.15, 0.2) is 0 Å². The molecule has 2 rings (SSSR count). The maximum absolute atomic E-state index is 12.5. The van der Waals surface area contributed by atoms with Gasteiger partial charge >= 0.3 is 17.9 Å². The van der Waals surface area contributed by atoms with E-state index in [4.69, 9.17) is 18.9 Å². The van der Waals surface area contributed by atoms with E-state index in [2.05, 4.69) is 4.98 Å². The van der Waals surface area contributed by atoms with E-state index in [9.17, 15) is 18.0 Å². The Labute approximate surface area is 160 Å². The van der Waals surface area contributed by atoms with Crippen molar-refractivity contribution in [3.05, 3.63) is 48.2 Å². The lowest BCUT2D eigenvalue weighted by molar-refractivity contribution is -0.209. The second-order valence-corrected chi connectivity index (χ2v) is 5.66. The van der Waals surface area contributed by atoms with Crippen LogP contribution in [0.25, 0.3) is 0 Å². The molecule has 0 fully saturated rings. The fraction of sp³-hybridized carbons (Fsp3) is 0.368. The summed E-state index contributed by atoms with van der Waals surface area (Å²) in [6.07, 6.45) is -3.77. The van der Waals surface area contributed by atoms with Crippen LogP contribution in [-0.4, -0.2) is 30.0 Å². The van der Waals surface area contributed by atoms with Gasteiger partial charge < -0.3 is 18.9 Å². The number of esters is 1. The van der Waals surface area contributed by atoms with Gasteiger partial charge in [0, 0.05) is 25.8 Å². The van der Waals surface area contributed by atoms with Crippen LogP contribution in [0.1, 0.15) is 26.3 Å². The van der Waals surface area contributed by atoms with Crippen molar-refractivity contribution < 1.29 is 36.9 Å². The van der Waals surface area contributed by atoms with Crippen LogP contribution in [0.15, 0.2) is 42.6 Å². The molecule has 0 saturated heterocycles. The van der Waals surface area contributed by atoms with E-state index in [1.165, 1.54) is 31.2 Å². The topological polar surface area (TPSA) is 66.9 Å². The average Bonchev–Trinajstić information content (AvgIpc) is 2.63. The number of aromatic nitrogens is 1. The van der Waals surface area contributed by atoms with Crippen molar-refractivity contribution >= 4 is 5.97 Å². The second-order valence-electron chi connectivity index (χ2n) is 5.66. The van der Waals surface area contributed by atoms with Gasteiger partial charge in [-0.25, -0.2) is 9.78 Å². The van der Waals surface area contributed by atoms with Crippen LogP contribution in [0.5, 0.6) is 17.4 Å². The lowest BCUT2D eigenvalue weighted by Crippen LogP contribution is -2.45. The van der Waals surface area contributed by atoms with Crippen molar-refractivity contribution in [3.63, 3.8) is 0 Å². The Morgan fingerprint density at radius 3 is 2.14 bits per heavy atom. The Bertz CT molecular complexity index is 778. The zero-order valence-electron chi connectivity index (χ0n) is 15.6. The van der Waals surface area contributed by atoms with Crippen molar-refractivity contribution in [2.45, 2.75) is 32.7 Å². The van der Waals surface area contributed by atoms with Gasteiger partial charge in [-0.1, -0.05) is 0 Å². The van der Waals surface area contributed by atoms with Gasteiger partial charge in [-0.15, -0.1) is 0 Å². The minimum absolute atomic E-state index is 0.00680. The van der Waals surface area contributed by atoms with Crippen LogP contribution in [0.3, 0.4) is 0 Å². The molecule has 1 aromatic carbocycles. The van der Waals surface area contributed by atoms with E-state index in [0.717, 1.165) is 12.1 Å². The van der Waals surface area contributed by atoms with E-state index in [1.807, 2.05) is 0 Å². The number of alkyl halides is 3. The molecule has 28 heavy (non-hydrogen) atoms. The maximum atomic E-state index is 12.5. The predicted octanol–water partition coefficient (Wildman–Crippen LogP) is 4.59. The molecule has 1 unspecified atom stereocenters. The highest BCUT2D eigenvalue weighted by Gasteiger charge is 2.38. The van der Waals surface area contributed by atoms with Crippen molar-refractivity contribution in [2.75, 3.05) is 13.2 Å². The molecular weight excluding hydrogens is 379 g/mol. The van der Waals surface area contributed by atoms with E-state index in [0.29, 0.717) is 17.7 Å². The Kier molecular flexibility index (Phi) is 6.85. The first kappa shape index (κ1) is 21.5. The molecule has 1 aromatic heterocycles. The van der Waals surface area contributed by atoms with Crippen LogP contribution in [0.2, 0.25) is 0 Å². The molecule has 0 N–H and O–H groups in total. The quantitative estimate of drug-likeness (QED) is 0.478. The lowest BCUT2D eigenvalue weighted by atomic mass is 10.3. The third kappa shape index (κ3) is 5.59. The maximum Gasteiger partial charge on any atom is 0.417 e. The van der Waals surface area contributed by atoms with Crippen LogP contribution >= 0.6 is 0 Å². The van der Waals surface area contributed by atoms with Gasteiger partial charge in [0.2, 0.25) is 5.88 Å². The zero-order chi connectivity index (χ0) is 20.8. The number of halogens is 3. The molecule has 1 atom stereocenters. The normalized spacial score (nSPS) is 13.5. The SMILES string of the molecule is CCOC(=O)C(C)(OCC)Oc1ccc(Oc2ccc(C(F)(F)F)cn2)cc1. The number of carbonyl (C=O) groups is 1. The van der Waals surface area contributed by atoms with Crippen molar-refractivity contribution in [3.8, 4) is 17.4 Å². The summed E-state index contributed by atoms with van der Waals surface area (Å²) in [4.78, 5) is 15.7. The fourth-order valence-corrected chi connectivity index (χ4v) is 2.20. The van der Waals surface area contributed by atoms with E-state index >= 15 is 0 Å². The summed E-state index contributed by atoms with van der Waals surface area (Å²) in [6.45, 7) is 5.25. The minimum atomic E-state index is -4.46. The smallest absolute Gasteiger partial charge is 0.417 e.